The first-order valence-corrected chi connectivity index (χ1v) is 8.39. The predicted molar refractivity (Wildman–Crippen MR) is 94.5 cm³/mol. The first-order valence-electron chi connectivity index (χ1n) is 8.39. The van der Waals surface area contributed by atoms with Crippen molar-refractivity contribution in [2.24, 2.45) is 0 Å². The highest BCUT2D eigenvalue weighted by molar-refractivity contribution is 5.85. The van der Waals surface area contributed by atoms with Crippen molar-refractivity contribution in [1.29, 1.82) is 0 Å². The van der Waals surface area contributed by atoms with E-state index in [9.17, 15) is 9.18 Å². The Morgan fingerprint density at radius 1 is 1.35 bits per heavy atom. The third-order valence-electron chi connectivity index (χ3n) is 4.43. The zero-order chi connectivity index (χ0) is 15.8. The number of hydrogen-bond donors (Lipinski definition) is 1. The fourth-order valence-electron chi connectivity index (χ4n) is 3.23. The van der Waals surface area contributed by atoms with Gasteiger partial charge in [0.1, 0.15) is 5.82 Å². The number of halogens is 2. The smallest absolute Gasteiger partial charge is 0.222 e. The number of benzene rings is 1. The molecule has 1 aliphatic rings. The normalized spacial score (nSPS) is 14.5. The first kappa shape index (κ1) is 19.9. The van der Waals surface area contributed by atoms with E-state index < -0.39 is 0 Å². The minimum absolute atomic E-state index is 0. The fourth-order valence-corrected chi connectivity index (χ4v) is 3.23. The summed E-state index contributed by atoms with van der Waals surface area (Å²) in [4.78, 5) is 14.6. The molecule has 0 heterocycles. The summed E-state index contributed by atoms with van der Waals surface area (Å²) in [6, 6.07) is 7.08. The molecule has 0 atom stereocenters. The second-order valence-corrected chi connectivity index (χ2v) is 6.11. The molecule has 23 heavy (non-hydrogen) atoms. The van der Waals surface area contributed by atoms with Crippen LogP contribution >= 0.6 is 12.4 Å². The van der Waals surface area contributed by atoms with Crippen molar-refractivity contribution in [2.45, 2.75) is 51.0 Å². The van der Waals surface area contributed by atoms with Crippen LogP contribution < -0.4 is 5.32 Å². The van der Waals surface area contributed by atoms with Crippen LogP contribution in [0.5, 0.6) is 0 Å². The van der Waals surface area contributed by atoms with E-state index in [1.165, 1.54) is 18.9 Å². The summed E-state index contributed by atoms with van der Waals surface area (Å²) in [5.41, 5.74) is 0.964. The van der Waals surface area contributed by atoms with Gasteiger partial charge in [0.2, 0.25) is 5.91 Å². The number of nitrogens with zero attached hydrogens (tertiary/aromatic N) is 1. The van der Waals surface area contributed by atoms with Crippen molar-refractivity contribution in [3.05, 3.63) is 35.6 Å². The summed E-state index contributed by atoms with van der Waals surface area (Å²) >= 11 is 0. The zero-order valence-electron chi connectivity index (χ0n) is 13.9. The van der Waals surface area contributed by atoms with Crippen LogP contribution in [0, 0.1) is 5.82 Å². The fraction of sp³-hybridized carbons (Fsp3) is 0.611. The second-order valence-electron chi connectivity index (χ2n) is 6.11. The SMILES string of the molecule is CNCCCC(=O)N(CCc1cccc(F)c1)C1CCCC1.Cl. The molecule has 5 heteroatoms. The van der Waals surface area contributed by atoms with Crippen molar-refractivity contribution >= 4 is 18.3 Å². The van der Waals surface area contributed by atoms with Crippen molar-refractivity contribution < 1.29 is 9.18 Å². The summed E-state index contributed by atoms with van der Waals surface area (Å²) in [5.74, 6) is 0.0452. The van der Waals surface area contributed by atoms with E-state index in [1.807, 2.05) is 18.0 Å². The highest BCUT2D eigenvalue weighted by atomic mass is 35.5. The molecule has 0 spiro atoms. The molecule has 0 saturated heterocycles. The average Bonchev–Trinajstić information content (AvgIpc) is 3.02. The molecule has 0 bridgehead atoms. The summed E-state index contributed by atoms with van der Waals surface area (Å²) in [6.45, 7) is 1.57. The standard InChI is InChI=1S/C18H27FN2O.ClH/c1-20-12-5-10-18(22)21(17-8-2-3-9-17)13-11-15-6-4-7-16(19)14-15;/h4,6-7,14,17,20H,2-3,5,8-13H2,1H3;1H. The van der Waals surface area contributed by atoms with Gasteiger partial charge in [-0.2, -0.15) is 0 Å². The molecular formula is C18H28ClFN2O. The maximum atomic E-state index is 13.3. The topological polar surface area (TPSA) is 32.3 Å². The number of nitrogens with one attached hydrogen (secondary N) is 1. The molecule has 1 N–H and O–H groups in total. The van der Waals surface area contributed by atoms with E-state index >= 15 is 0 Å². The zero-order valence-corrected chi connectivity index (χ0v) is 14.7. The van der Waals surface area contributed by atoms with E-state index in [0.29, 0.717) is 19.0 Å². The Bertz CT molecular complexity index is 478. The molecule has 130 valence electrons. The molecule has 3 nitrogen and oxygen atoms in total. The van der Waals surface area contributed by atoms with E-state index in [4.69, 9.17) is 0 Å². The largest absolute Gasteiger partial charge is 0.339 e. The van der Waals surface area contributed by atoms with Gasteiger partial charge in [-0.15, -0.1) is 12.4 Å². The lowest BCUT2D eigenvalue weighted by Gasteiger charge is -2.29. The molecule has 1 amide bonds. The number of amides is 1. The second kappa shape index (κ2) is 10.6. The molecule has 0 aliphatic heterocycles. The number of rotatable bonds is 8. The van der Waals surface area contributed by atoms with Gasteiger partial charge in [-0.05, 0) is 57.0 Å². The molecule has 2 rings (SSSR count). The highest BCUT2D eigenvalue weighted by Gasteiger charge is 2.25. The Kier molecular flexibility index (Phi) is 9.19. The Morgan fingerprint density at radius 3 is 2.74 bits per heavy atom. The van der Waals surface area contributed by atoms with Gasteiger partial charge in [-0.3, -0.25) is 4.79 Å². The van der Waals surface area contributed by atoms with Crippen molar-refractivity contribution in [1.82, 2.24) is 10.2 Å². The van der Waals surface area contributed by atoms with Gasteiger partial charge in [-0.25, -0.2) is 4.39 Å². The van der Waals surface area contributed by atoms with Crippen molar-refractivity contribution in [3.8, 4) is 0 Å². The molecule has 0 radical (unpaired) electrons. The maximum Gasteiger partial charge on any atom is 0.222 e. The maximum absolute atomic E-state index is 13.3. The average molecular weight is 343 g/mol. The van der Waals surface area contributed by atoms with Gasteiger partial charge in [0.25, 0.3) is 0 Å². The summed E-state index contributed by atoms with van der Waals surface area (Å²) in [7, 11) is 1.91. The van der Waals surface area contributed by atoms with Gasteiger partial charge < -0.3 is 10.2 Å². The number of carbonyl (C=O) groups excluding carboxylic acids is 1. The van der Waals surface area contributed by atoms with Crippen LogP contribution in [0.15, 0.2) is 24.3 Å². The third kappa shape index (κ3) is 6.48. The van der Waals surface area contributed by atoms with Gasteiger partial charge in [0.15, 0.2) is 0 Å². The van der Waals surface area contributed by atoms with E-state index in [-0.39, 0.29) is 24.1 Å². The first-order chi connectivity index (χ1) is 10.7. The van der Waals surface area contributed by atoms with Crippen LogP contribution in [0.25, 0.3) is 0 Å². The minimum atomic E-state index is -0.203. The monoisotopic (exact) mass is 342 g/mol. The van der Waals surface area contributed by atoms with Gasteiger partial charge >= 0.3 is 0 Å². The van der Waals surface area contributed by atoms with Crippen LogP contribution in [0.2, 0.25) is 0 Å². The van der Waals surface area contributed by atoms with Crippen LogP contribution in [-0.4, -0.2) is 37.0 Å². The van der Waals surface area contributed by atoms with Crippen LogP contribution in [-0.2, 0) is 11.2 Å². The van der Waals surface area contributed by atoms with Gasteiger partial charge in [-0.1, -0.05) is 25.0 Å². The Hall–Kier alpha value is -1.13. The molecular weight excluding hydrogens is 315 g/mol. The molecule has 1 aromatic carbocycles. The van der Waals surface area contributed by atoms with Crippen molar-refractivity contribution in [2.75, 3.05) is 20.1 Å². The van der Waals surface area contributed by atoms with Crippen molar-refractivity contribution in [3.63, 3.8) is 0 Å². The highest BCUT2D eigenvalue weighted by Crippen LogP contribution is 2.24. The lowest BCUT2D eigenvalue weighted by atomic mass is 10.1. The number of carbonyl (C=O) groups is 1. The molecule has 1 saturated carbocycles. The molecule has 1 fully saturated rings. The van der Waals surface area contributed by atoms with Crippen LogP contribution in [0.3, 0.4) is 0 Å². The quantitative estimate of drug-likeness (QED) is 0.733. The summed E-state index contributed by atoms with van der Waals surface area (Å²) in [6.07, 6.45) is 6.85. The van der Waals surface area contributed by atoms with E-state index in [2.05, 4.69) is 5.32 Å². The lowest BCUT2D eigenvalue weighted by Crippen LogP contribution is -2.40. The Balaban J connectivity index is 0.00000264. The summed E-state index contributed by atoms with van der Waals surface area (Å²) in [5, 5.41) is 3.08. The van der Waals surface area contributed by atoms with E-state index in [1.54, 1.807) is 12.1 Å². The number of hydrogen-bond acceptors (Lipinski definition) is 2. The lowest BCUT2D eigenvalue weighted by molar-refractivity contribution is -0.133. The Labute approximate surface area is 145 Å². The van der Waals surface area contributed by atoms with Gasteiger partial charge in [0.05, 0.1) is 0 Å². The van der Waals surface area contributed by atoms with Gasteiger partial charge in [0, 0.05) is 19.0 Å². The minimum Gasteiger partial charge on any atom is -0.339 e. The predicted octanol–water partition coefficient (Wildman–Crippen LogP) is 3.56. The third-order valence-corrected chi connectivity index (χ3v) is 4.43. The van der Waals surface area contributed by atoms with Crippen LogP contribution in [0.4, 0.5) is 4.39 Å². The summed E-state index contributed by atoms with van der Waals surface area (Å²) < 4.78 is 13.3. The Morgan fingerprint density at radius 2 is 2.09 bits per heavy atom. The van der Waals surface area contributed by atoms with Crippen LogP contribution in [0.1, 0.15) is 44.1 Å². The molecule has 1 aliphatic carbocycles. The molecule has 1 aromatic rings. The molecule has 0 unspecified atom stereocenters. The molecule has 0 aromatic heterocycles. The van der Waals surface area contributed by atoms with E-state index in [0.717, 1.165) is 37.8 Å².